The number of ether oxygens (including phenoxy) is 2. The second-order valence-corrected chi connectivity index (χ2v) is 5.82. The molecule has 1 aromatic carbocycles. The van der Waals surface area contributed by atoms with Crippen LogP contribution in [0.5, 0.6) is 5.75 Å². The van der Waals surface area contributed by atoms with Crippen molar-refractivity contribution in [2.75, 3.05) is 19.0 Å². The molecule has 5 heteroatoms. The summed E-state index contributed by atoms with van der Waals surface area (Å²) in [6, 6.07) is 7.34. The van der Waals surface area contributed by atoms with Gasteiger partial charge in [0.15, 0.2) is 0 Å². The van der Waals surface area contributed by atoms with Crippen LogP contribution in [0.2, 0.25) is 0 Å². The third-order valence-electron chi connectivity index (χ3n) is 4.27. The van der Waals surface area contributed by atoms with Crippen LogP contribution < -0.4 is 10.1 Å². The van der Waals surface area contributed by atoms with Gasteiger partial charge in [-0.3, -0.25) is 0 Å². The van der Waals surface area contributed by atoms with Gasteiger partial charge in [-0.1, -0.05) is 13.0 Å². The molecule has 0 saturated carbocycles. The molecule has 0 aromatic heterocycles. The summed E-state index contributed by atoms with van der Waals surface area (Å²) in [4.78, 5) is 11.9. The van der Waals surface area contributed by atoms with Gasteiger partial charge in [0.1, 0.15) is 11.3 Å². The molecule has 116 valence electrons. The highest BCUT2D eigenvalue weighted by Gasteiger charge is 2.47. The summed E-state index contributed by atoms with van der Waals surface area (Å²) >= 11 is 0. The summed E-state index contributed by atoms with van der Waals surface area (Å²) in [5.74, 6) is -0.140. The average molecular weight is 293 g/mol. The Hall–Kier alpha value is -1.75. The van der Waals surface area contributed by atoms with Crippen LogP contribution in [0.15, 0.2) is 24.3 Å². The number of nitrogens with one attached hydrogen (secondary N) is 1. The van der Waals surface area contributed by atoms with Crippen molar-refractivity contribution in [1.82, 2.24) is 0 Å². The normalized spacial score (nSPS) is 28.9. The number of benzene rings is 1. The molecule has 1 heterocycles. The van der Waals surface area contributed by atoms with E-state index < -0.39 is 17.1 Å². The van der Waals surface area contributed by atoms with Crippen LogP contribution in [-0.2, 0) is 9.53 Å². The Morgan fingerprint density at radius 1 is 1.52 bits per heavy atom. The maximum absolute atomic E-state index is 11.9. The van der Waals surface area contributed by atoms with Crippen LogP contribution in [0.25, 0.3) is 0 Å². The second kappa shape index (κ2) is 5.93. The predicted molar refractivity (Wildman–Crippen MR) is 80.9 cm³/mol. The van der Waals surface area contributed by atoms with E-state index in [1.807, 2.05) is 38.1 Å². The lowest BCUT2D eigenvalue weighted by Gasteiger charge is -2.44. The number of hydrogen-bond donors (Lipinski definition) is 2. The molecular formula is C16H23NO4. The SMILES string of the molecule is CCC1(C)CC(Nc2cccc(OC)c2)(C(=O)O)CCO1. The van der Waals surface area contributed by atoms with Crippen molar-refractivity contribution in [3.05, 3.63) is 24.3 Å². The van der Waals surface area contributed by atoms with Crippen LogP contribution in [0, 0.1) is 0 Å². The molecule has 2 N–H and O–H groups in total. The summed E-state index contributed by atoms with van der Waals surface area (Å²) in [7, 11) is 1.59. The molecule has 0 bridgehead atoms. The standard InChI is InChI=1S/C16H23NO4/c1-4-15(2)11-16(14(18)19,8-9-21-15)17-12-6-5-7-13(10-12)20-3/h5-7,10,17H,4,8-9,11H2,1-3H3,(H,18,19). The number of carbonyl (C=O) groups is 1. The van der Waals surface area contributed by atoms with Crippen molar-refractivity contribution in [2.45, 2.75) is 44.2 Å². The molecular weight excluding hydrogens is 270 g/mol. The quantitative estimate of drug-likeness (QED) is 0.873. The first-order valence-electron chi connectivity index (χ1n) is 7.23. The number of anilines is 1. The average Bonchev–Trinajstić information content (AvgIpc) is 2.47. The van der Waals surface area contributed by atoms with Crippen LogP contribution in [0.3, 0.4) is 0 Å². The fourth-order valence-electron chi connectivity index (χ4n) is 2.80. The van der Waals surface area contributed by atoms with Crippen molar-refractivity contribution in [3.63, 3.8) is 0 Å². The van der Waals surface area contributed by atoms with Gasteiger partial charge in [-0.25, -0.2) is 4.79 Å². The van der Waals surface area contributed by atoms with E-state index in [9.17, 15) is 9.90 Å². The van der Waals surface area contributed by atoms with Gasteiger partial charge >= 0.3 is 5.97 Å². The monoisotopic (exact) mass is 293 g/mol. The molecule has 1 aliphatic rings. The second-order valence-electron chi connectivity index (χ2n) is 5.82. The summed E-state index contributed by atoms with van der Waals surface area (Å²) in [5, 5.41) is 13.0. The summed E-state index contributed by atoms with van der Waals surface area (Å²) in [5.41, 5.74) is -0.671. The highest BCUT2D eigenvalue weighted by Crippen LogP contribution is 2.37. The lowest BCUT2D eigenvalue weighted by molar-refractivity contribution is -0.154. The molecule has 1 aromatic rings. The molecule has 5 nitrogen and oxygen atoms in total. The molecule has 0 spiro atoms. The maximum atomic E-state index is 11.9. The molecule has 2 unspecified atom stereocenters. The van der Waals surface area contributed by atoms with Crippen LogP contribution in [0.4, 0.5) is 5.69 Å². The first-order valence-corrected chi connectivity index (χ1v) is 7.23. The Morgan fingerprint density at radius 2 is 2.29 bits per heavy atom. The first-order chi connectivity index (χ1) is 9.93. The third kappa shape index (κ3) is 3.29. The van der Waals surface area contributed by atoms with Gasteiger partial charge in [0.2, 0.25) is 0 Å². The van der Waals surface area contributed by atoms with Crippen LogP contribution >= 0.6 is 0 Å². The predicted octanol–water partition coefficient (Wildman–Crippen LogP) is 2.91. The zero-order chi connectivity index (χ0) is 15.5. The van der Waals surface area contributed by atoms with E-state index in [1.165, 1.54) is 0 Å². The molecule has 2 atom stereocenters. The highest BCUT2D eigenvalue weighted by molar-refractivity contribution is 5.83. The van der Waals surface area contributed by atoms with Gasteiger partial charge in [-0.05, 0) is 25.5 Å². The number of carboxylic acid groups (broad SMARTS) is 1. The van der Waals surface area contributed by atoms with Crippen molar-refractivity contribution >= 4 is 11.7 Å². The van der Waals surface area contributed by atoms with E-state index >= 15 is 0 Å². The maximum Gasteiger partial charge on any atom is 0.329 e. The Morgan fingerprint density at radius 3 is 2.90 bits per heavy atom. The number of rotatable bonds is 5. The molecule has 2 rings (SSSR count). The summed E-state index contributed by atoms with van der Waals surface area (Å²) in [6.07, 6.45) is 1.65. The Bertz CT molecular complexity index is 519. The fourth-order valence-corrected chi connectivity index (χ4v) is 2.80. The molecule has 0 amide bonds. The minimum absolute atomic E-state index is 0.414. The van der Waals surface area contributed by atoms with Gasteiger partial charge in [-0.2, -0.15) is 0 Å². The number of methoxy groups -OCH3 is 1. The lowest BCUT2D eigenvalue weighted by Crippen LogP contribution is -2.56. The van der Waals surface area contributed by atoms with E-state index in [0.29, 0.717) is 25.2 Å². The van der Waals surface area contributed by atoms with Gasteiger partial charge in [0.25, 0.3) is 0 Å². The van der Waals surface area contributed by atoms with Gasteiger partial charge < -0.3 is 19.9 Å². The lowest BCUT2D eigenvalue weighted by atomic mass is 9.79. The topological polar surface area (TPSA) is 67.8 Å². The van der Waals surface area contributed by atoms with Gasteiger partial charge in [0, 0.05) is 24.6 Å². The van der Waals surface area contributed by atoms with E-state index in [4.69, 9.17) is 9.47 Å². The van der Waals surface area contributed by atoms with Crippen molar-refractivity contribution in [3.8, 4) is 5.75 Å². The molecule has 1 aliphatic heterocycles. The molecule has 1 saturated heterocycles. The van der Waals surface area contributed by atoms with Crippen molar-refractivity contribution in [2.24, 2.45) is 0 Å². The zero-order valence-corrected chi connectivity index (χ0v) is 12.8. The first kappa shape index (κ1) is 15.6. The van der Waals surface area contributed by atoms with E-state index in [0.717, 1.165) is 12.1 Å². The van der Waals surface area contributed by atoms with Crippen LogP contribution in [0.1, 0.15) is 33.1 Å². The summed E-state index contributed by atoms with van der Waals surface area (Å²) in [6.45, 7) is 4.42. The fraction of sp³-hybridized carbons (Fsp3) is 0.562. The van der Waals surface area contributed by atoms with Gasteiger partial charge in [-0.15, -0.1) is 0 Å². The summed E-state index contributed by atoms with van der Waals surface area (Å²) < 4.78 is 11.0. The Labute approximate surface area is 125 Å². The van der Waals surface area contributed by atoms with Gasteiger partial charge in [0.05, 0.1) is 19.3 Å². The van der Waals surface area contributed by atoms with Crippen molar-refractivity contribution < 1.29 is 19.4 Å². The largest absolute Gasteiger partial charge is 0.497 e. The van der Waals surface area contributed by atoms with E-state index in [-0.39, 0.29) is 0 Å². The third-order valence-corrected chi connectivity index (χ3v) is 4.27. The Kier molecular flexibility index (Phi) is 4.42. The smallest absolute Gasteiger partial charge is 0.329 e. The number of hydrogen-bond acceptors (Lipinski definition) is 4. The zero-order valence-electron chi connectivity index (χ0n) is 12.8. The molecule has 0 radical (unpaired) electrons. The molecule has 0 aliphatic carbocycles. The molecule has 1 fully saturated rings. The minimum atomic E-state index is -1.00. The van der Waals surface area contributed by atoms with E-state index in [1.54, 1.807) is 7.11 Å². The van der Waals surface area contributed by atoms with E-state index in [2.05, 4.69) is 5.32 Å². The molecule has 21 heavy (non-hydrogen) atoms. The highest BCUT2D eigenvalue weighted by atomic mass is 16.5. The number of carboxylic acids is 1. The minimum Gasteiger partial charge on any atom is -0.497 e. The van der Waals surface area contributed by atoms with Crippen molar-refractivity contribution in [1.29, 1.82) is 0 Å². The number of aliphatic carboxylic acids is 1. The Balaban J connectivity index is 2.28. The van der Waals surface area contributed by atoms with Crippen LogP contribution in [-0.4, -0.2) is 35.9 Å².